The molecule has 0 aliphatic heterocycles. The number of hydrogen-bond donors (Lipinski definition) is 2. The summed E-state index contributed by atoms with van der Waals surface area (Å²) in [7, 11) is 0. The van der Waals surface area contributed by atoms with Gasteiger partial charge in [0.05, 0.1) is 16.8 Å². The monoisotopic (exact) mass is 204 g/mol. The topological polar surface area (TPSA) is 83.8 Å². The SMILES string of the molecule is O=[N+]([O-])c1cccc(Nc2cn[nH]c2)c1. The van der Waals surface area contributed by atoms with Crippen molar-refractivity contribution in [3.05, 3.63) is 46.8 Å². The Morgan fingerprint density at radius 3 is 2.93 bits per heavy atom. The number of hydrogen-bond acceptors (Lipinski definition) is 4. The van der Waals surface area contributed by atoms with E-state index in [1.165, 1.54) is 12.1 Å². The van der Waals surface area contributed by atoms with Crippen molar-refractivity contribution in [2.24, 2.45) is 0 Å². The molecule has 0 spiro atoms. The Labute approximate surface area is 85.1 Å². The summed E-state index contributed by atoms with van der Waals surface area (Å²) in [6, 6.07) is 6.29. The van der Waals surface area contributed by atoms with Gasteiger partial charge < -0.3 is 5.32 Å². The number of nitro groups is 1. The maximum Gasteiger partial charge on any atom is 0.271 e. The highest BCUT2D eigenvalue weighted by atomic mass is 16.6. The van der Waals surface area contributed by atoms with Crippen molar-refractivity contribution in [1.29, 1.82) is 0 Å². The Bertz CT molecular complexity index is 467. The van der Waals surface area contributed by atoms with Crippen LogP contribution in [0.4, 0.5) is 17.1 Å². The van der Waals surface area contributed by atoms with Crippen LogP contribution >= 0.6 is 0 Å². The van der Waals surface area contributed by atoms with E-state index in [2.05, 4.69) is 15.5 Å². The lowest BCUT2D eigenvalue weighted by Gasteiger charge is -2.01. The zero-order valence-corrected chi connectivity index (χ0v) is 7.68. The van der Waals surface area contributed by atoms with E-state index in [1.54, 1.807) is 24.5 Å². The van der Waals surface area contributed by atoms with Crippen LogP contribution in [0.5, 0.6) is 0 Å². The average molecular weight is 204 g/mol. The third kappa shape index (κ3) is 2.11. The molecule has 1 heterocycles. The van der Waals surface area contributed by atoms with Gasteiger partial charge in [-0.3, -0.25) is 15.2 Å². The smallest absolute Gasteiger partial charge is 0.271 e. The van der Waals surface area contributed by atoms with Gasteiger partial charge in [0.1, 0.15) is 0 Å². The number of non-ortho nitro benzene ring substituents is 1. The number of aromatic nitrogens is 2. The summed E-state index contributed by atoms with van der Waals surface area (Å²) >= 11 is 0. The zero-order chi connectivity index (χ0) is 10.7. The van der Waals surface area contributed by atoms with E-state index in [9.17, 15) is 10.1 Å². The summed E-state index contributed by atoms with van der Waals surface area (Å²) in [6.07, 6.45) is 3.26. The van der Waals surface area contributed by atoms with E-state index in [1.807, 2.05) is 0 Å². The van der Waals surface area contributed by atoms with Gasteiger partial charge in [-0.25, -0.2) is 0 Å². The predicted octanol–water partition coefficient (Wildman–Crippen LogP) is 2.06. The molecule has 6 heteroatoms. The van der Waals surface area contributed by atoms with Crippen molar-refractivity contribution in [1.82, 2.24) is 10.2 Å². The Balaban J connectivity index is 2.22. The molecule has 76 valence electrons. The fourth-order valence-corrected chi connectivity index (χ4v) is 1.18. The van der Waals surface area contributed by atoms with Gasteiger partial charge >= 0.3 is 0 Å². The Morgan fingerprint density at radius 1 is 1.40 bits per heavy atom. The number of H-pyrrole nitrogens is 1. The third-order valence-corrected chi connectivity index (χ3v) is 1.84. The second-order valence-electron chi connectivity index (χ2n) is 2.92. The van der Waals surface area contributed by atoms with E-state index in [0.717, 1.165) is 5.69 Å². The molecule has 1 aromatic heterocycles. The minimum absolute atomic E-state index is 0.0588. The van der Waals surface area contributed by atoms with E-state index < -0.39 is 4.92 Å². The summed E-state index contributed by atoms with van der Waals surface area (Å²) in [5.74, 6) is 0. The number of nitrogens with one attached hydrogen (secondary N) is 2. The quantitative estimate of drug-likeness (QED) is 0.592. The van der Waals surface area contributed by atoms with Crippen LogP contribution in [0.2, 0.25) is 0 Å². The number of benzene rings is 1. The molecule has 0 aliphatic rings. The lowest BCUT2D eigenvalue weighted by molar-refractivity contribution is -0.384. The van der Waals surface area contributed by atoms with Gasteiger partial charge in [0.15, 0.2) is 0 Å². The van der Waals surface area contributed by atoms with Crippen LogP contribution < -0.4 is 5.32 Å². The van der Waals surface area contributed by atoms with Crippen molar-refractivity contribution in [3.8, 4) is 0 Å². The molecule has 0 unspecified atom stereocenters. The maximum atomic E-state index is 10.5. The van der Waals surface area contributed by atoms with Crippen LogP contribution in [0, 0.1) is 10.1 Å². The molecule has 2 N–H and O–H groups in total. The van der Waals surface area contributed by atoms with Crippen molar-refractivity contribution in [2.45, 2.75) is 0 Å². The number of rotatable bonds is 3. The summed E-state index contributed by atoms with van der Waals surface area (Å²) in [5.41, 5.74) is 1.48. The largest absolute Gasteiger partial charge is 0.353 e. The van der Waals surface area contributed by atoms with Gasteiger partial charge in [-0.15, -0.1) is 0 Å². The molecule has 0 aliphatic carbocycles. The molecule has 15 heavy (non-hydrogen) atoms. The van der Waals surface area contributed by atoms with Crippen molar-refractivity contribution in [3.63, 3.8) is 0 Å². The minimum Gasteiger partial charge on any atom is -0.353 e. The van der Waals surface area contributed by atoms with Gasteiger partial charge in [-0.1, -0.05) is 6.07 Å². The number of nitro benzene ring substituents is 1. The number of anilines is 2. The first-order chi connectivity index (χ1) is 7.25. The first kappa shape index (κ1) is 9.20. The summed E-state index contributed by atoms with van der Waals surface area (Å²) in [6.45, 7) is 0. The van der Waals surface area contributed by atoms with E-state index in [0.29, 0.717) is 5.69 Å². The van der Waals surface area contributed by atoms with Crippen LogP contribution in [-0.4, -0.2) is 15.1 Å². The molecule has 1 aromatic carbocycles. The number of nitrogens with zero attached hydrogens (tertiary/aromatic N) is 2. The standard InChI is InChI=1S/C9H8N4O2/c14-13(15)9-3-1-2-7(4-9)12-8-5-10-11-6-8/h1-6,12H,(H,10,11). The van der Waals surface area contributed by atoms with Crippen LogP contribution in [0.3, 0.4) is 0 Å². The molecule has 6 nitrogen and oxygen atoms in total. The van der Waals surface area contributed by atoms with Crippen LogP contribution in [0.1, 0.15) is 0 Å². The molecule has 0 atom stereocenters. The minimum atomic E-state index is -0.430. The van der Waals surface area contributed by atoms with Crippen LogP contribution in [-0.2, 0) is 0 Å². The van der Waals surface area contributed by atoms with E-state index >= 15 is 0 Å². The highest BCUT2D eigenvalue weighted by Crippen LogP contribution is 2.20. The molecule has 2 aromatic rings. The van der Waals surface area contributed by atoms with Crippen LogP contribution in [0.15, 0.2) is 36.7 Å². The second kappa shape index (κ2) is 3.79. The fourth-order valence-electron chi connectivity index (χ4n) is 1.18. The highest BCUT2D eigenvalue weighted by Gasteiger charge is 2.05. The highest BCUT2D eigenvalue weighted by molar-refractivity contribution is 5.60. The molecular formula is C9H8N4O2. The van der Waals surface area contributed by atoms with Crippen molar-refractivity contribution >= 4 is 17.1 Å². The molecule has 0 bridgehead atoms. The van der Waals surface area contributed by atoms with Gasteiger partial charge in [0.2, 0.25) is 0 Å². The first-order valence-corrected chi connectivity index (χ1v) is 4.26. The first-order valence-electron chi connectivity index (χ1n) is 4.26. The summed E-state index contributed by atoms with van der Waals surface area (Å²) in [5, 5.41) is 19.9. The van der Waals surface area contributed by atoms with Crippen molar-refractivity contribution in [2.75, 3.05) is 5.32 Å². The average Bonchev–Trinajstić information content (AvgIpc) is 2.71. The second-order valence-corrected chi connectivity index (χ2v) is 2.92. The molecule has 0 radical (unpaired) electrons. The lowest BCUT2D eigenvalue weighted by atomic mass is 10.3. The summed E-state index contributed by atoms with van der Waals surface area (Å²) < 4.78 is 0. The maximum absolute atomic E-state index is 10.5. The molecule has 0 amide bonds. The van der Waals surface area contributed by atoms with Gasteiger partial charge in [0, 0.05) is 24.0 Å². The predicted molar refractivity (Wildman–Crippen MR) is 55.0 cm³/mol. The lowest BCUT2D eigenvalue weighted by Crippen LogP contribution is -1.91. The van der Waals surface area contributed by atoms with Crippen molar-refractivity contribution < 1.29 is 4.92 Å². The Morgan fingerprint density at radius 2 is 2.27 bits per heavy atom. The van der Waals surface area contributed by atoms with Gasteiger partial charge in [-0.2, -0.15) is 5.10 Å². The normalized spacial score (nSPS) is 9.87. The zero-order valence-electron chi connectivity index (χ0n) is 7.68. The molecule has 2 rings (SSSR count). The Kier molecular flexibility index (Phi) is 2.32. The summed E-state index contributed by atoms with van der Waals surface area (Å²) in [4.78, 5) is 10.1. The molecule has 0 saturated heterocycles. The number of aromatic amines is 1. The molecule has 0 saturated carbocycles. The Hall–Kier alpha value is -2.37. The fraction of sp³-hybridized carbons (Fsp3) is 0. The third-order valence-electron chi connectivity index (χ3n) is 1.84. The van der Waals surface area contributed by atoms with Gasteiger partial charge in [-0.05, 0) is 6.07 Å². The van der Waals surface area contributed by atoms with E-state index in [-0.39, 0.29) is 5.69 Å². The molecular weight excluding hydrogens is 196 g/mol. The van der Waals surface area contributed by atoms with Gasteiger partial charge in [0.25, 0.3) is 5.69 Å². The van der Waals surface area contributed by atoms with E-state index in [4.69, 9.17) is 0 Å². The molecule has 0 fully saturated rings. The van der Waals surface area contributed by atoms with Crippen LogP contribution in [0.25, 0.3) is 0 Å².